The van der Waals surface area contributed by atoms with Crippen LogP contribution >= 0.6 is 12.6 Å². The van der Waals surface area contributed by atoms with E-state index in [2.05, 4.69) is 12.6 Å². The van der Waals surface area contributed by atoms with Crippen molar-refractivity contribution in [3.63, 3.8) is 0 Å². The van der Waals surface area contributed by atoms with E-state index in [0.717, 1.165) is 0 Å². The van der Waals surface area contributed by atoms with Crippen molar-refractivity contribution in [1.29, 1.82) is 0 Å². The van der Waals surface area contributed by atoms with E-state index in [0.29, 0.717) is 5.75 Å². The van der Waals surface area contributed by atoms with E-state index in [1.807, 2.05) is 0 Å². The van der Waals surface area contributed by atoms with Gasteiger partial charge < -0.3 is 5.11 Å². The number of aliphatic carboxylic acids is 1. The predicted octanol–water partition coefficient (Wildman–Crippen LogP) is 0.634. The van der Waals surface area contributed by atoms with Crippen LogP contribution in [-0.4, -0.2) is 16.8 Å². The van der Waals surface area contributed by atoms with E-state index in [-0.39, 0.29) is 25.4 Å². The van der Waals surface area contributed by atoms with Gasteiger partial charge in [-0.3, -0.25) is 4.79 Å². The quantitative estimate of drug-likeness (QED) is 0.489. The van der Waals surface area contributed by atoms with E-state index in [4.69, 9.17) is 5.11 Å². The average molecular weight is 186 g/mol. The summed E-state index contributed by atoms with van der Waals surface area (Å²) >= 11 is 3.77. The Kier molecular flexibility index (Phi) is 7.86. The summed E-state index contributed by atoms with van der Waals surface area (Å²) in [6.07, 6.45) is 0. The molecule has 0 amide bonds. The van der Waals surface area contributed by atoms with Crippen molar-refractivity contribution in [2.45, 2.75) is 6.92 Å². The maximum Gasteiger partial charge on any atom is 0.307 e. The third-order valence-electron chi connectivity index (χ3n) is 0.695. The molecule has 1 N–H and O–H groups in total. The molecular weight excluding hydrogens is 177 g/mol. The fourth-order valence-corrected chi connectivity index (χ4v) is 0.234. The molecule has 0 saturated carbocycles. The molecule has 0 aromatic rings. The number of hydrogen-bond donors (Lipinski definition) is 2. The molecule has 0 aliphatic carbocycles. The second kappa shape index (κ2) is 5.58. The molecule has 44 valence electrons. The summed E-state index contributed by atoms with van der Waals surface area (Å²) in [5.74, 6) is -0.687. The molecule has 0 bridgehead atoms. The molecule has 0 fully saturated rings. The van der Waals surface area contributed by atoms with Crippen molar-refractivity contribution in [2.75, 3.05) is 5.75 Å². The Bertz CT molecular complexity index is 76.4. The fraction of sp³-hybridized carbons (Fsp3) is 0.750. The van der Waals surface area contributed by atoms with Crippen molar-refractivity contribution in [2.24, 2.45) is 5.92 Å². The molecule has 0 aromatic carbocycles. The van der Waals surface area contributed by atoms with E-state index in [9.17, 15) is 4.79 Å². The Morgan fingerprint density at radius 1 is 1.88 bits per heavy atom. The van der Waals surface area contributed by atoms with Crippen LogP contribution in [0.4, 0.5) is 0 Å². The maximum atomic E-state index is 9.88. The average Bonchev–Trinajstić information content (AvgIpc) is 1.65. The molecule has 0 rings (SSSR count). The minimum atomic E-state index is -0.782. The van der Waals surface area contributed by atoms with Crippen LogP contribution in [0.25, 0.3) is 0 Å². The van der Waals surface area contributed by atoms with Crippen molar-refractivity contribution in [3.05, 3.63) is 0 Å². The first-order valence-corrected chi connectivity index (χ1v) is 2.65. The number of rotatable bonds is 2. The number of carboxylic acid groups (broad SMARTS) is 1. The Hall–Kier alpha value is 0.443. The zero-order chi connectivity index (χ0) is 5.86. The van der Waals surface area contributed by atoms with Crippen LogP contribution in [-0.2, 0) is 24.3 Å². The zero-order valence-corrected chi connectivity index (χ0v) is 8.66. The molecule has 0 heterocycles. The summed E-state index contributed by atoms with van der Waals surface area (Å²) < 4.78 is 0. The minimum absolute atomic E-state index is 0. The van der Waals surface area contributed by atoms with Gasteiger partial charge in [-0.2, -0.15) is 12.6 Å². The molecule has 0 unspecified atom stereocenters. The molecule has 0 aliphatic heterocycles. The van der Waals surface area contributed by atoms with Gasteiger partial charge in [-0.05, 0) is 0 Å². The Morgan fingerprint density at radius 3 is 2.25 bits per heavy atom. The monoisotopic (exact) mass is 184 g/mol. The zero-order valence-electron chi connectivity index (χ0n) is 4.79. The SMILES string of the molecule is C[C@@H](CS)C(=O)O.[Zn]. The van der Waals surface area contributed by atoms with Crippen LogP contribution in [0.5, 0.6) is 0 Å². The van der Waals surface area contributed by atoms with Gasteiger partial charge in [0.15, 0.2) is 0 Å². The molecular formula is C4H8O2SZn. The van der Waals surface area contributed by atoms with Crippen LogP contribution in [0.3, 0.4) is 0 Å². The standard InChI is InChI=1S/C4H8O2S.Zn/c1-3(2-7)4(5)6;/h3,7H,2H2,1H3,(H,5,6);/t3-;/m0./s1. The van der Waals surface area contributed by atoms with Crippen LogP contribution < -0.4 is 0 Å². The minimum Gasteiger partial charge on any atom is -0.481 e. The Balaban J connectivity index is 0. The molecule has 8 heavy (non-hydrogen) atoms. The Labute approximate surface area is 66.8 Å². The largest absolute Gasteiger partial charge is 0.481 e. The van der Waals surface area contributed by atoms with Gasteiger partial charge in [0.1, 0.15) is 0 Å². The van der Waals surface area contributed by atoms with E-state index < -0.39 is 5.97 Å². The van der Waals surface area contributed by atoms with Gasteiger partial charge in [-0.25, -0.2) is 0 Å². The number of carboxylic acids is 1. The molecule has 2 nitrogen and oxygen atoms in total. The number of thiol groups is 1. The van der Waals surface area contributed by atoms with Crippen molar-refractivity contribution < 1.29 is 29.4 Å². The summed E-state index contributed by atoms with van der Waals surface area (Å²) in [6, 6.07) is 0. The molecule has 0 aromatic heterocycles. The van der Waals surface area contributed by atoms with Crippen molar-refractivity contribution in [3.8, 4) is 0 Å². The summed E-state index contributed by atoms with van der Waals surface area (Å²) in [5, 5.41) is 8.13. The second-order valence-corrected chi connectivity index (χ2v) is 1.79. The van der Waals surface area contributed by atoms with Crippen molar-refractivity contribution in [1.82, 2.24) is 0 Å². The first kappa shape index (κ1) is 11.3. The van der Waals surface area contributed by atoms with Crippen LogP contribution in [0.2, 0.25) is 0 Å². The summed E-state index contributed by atoms with van der Waals surface area (Å²) in [7, 11) is 0. The normalized spacial score (nSPS) is 11.8. The van der Waals surface area contributed by atoms with Gasteiger partial charge in [0.2, 0.25) is 0 Å². The van der Waals surface area contributed by atoms with Gasteiger partial charge in [0, 0.05) is 25.2 Å². The predicted molar refractivity (Wildman–Crippen MR) is 30.7 cm³/mol. The fourth-order valence-electron chi connectivity index (χ4n) is 0.0781. The summed E-state index contributed by atoms with van der Waals surface area (Å²) in [5.41, 5.74) is 0. The Morgan fingerprint density at radius 2 is 2.25 bits per heavy atom. The second-order valence-electron chi connectivity index (χ2n) is 1.42. The first-order chi connectivity index (χ1) is 3.18. The van der Waals surface area contributed by atoms with Gasteiger partial charge in [-0.15, -0.1) is 0 Å². The first-order valence-electron chi connectivity index (χ1n) is 2.02. The van der Waals surface area contributed by atoms with Gasteiger partial charge in [-0.1, -0.05) is 6.92 Å². The third-order valence-corrected chi connectivity index (χ3v) is 1.24. The molecule has 0 spiro atoms. The molecule has 0 aliphatic rings. The third kappa shape index (κ3) is 4.60. The van der Waals surface area contributed by atoms with Gasteiger partial charge in [0.05, 0.1) is 5.92 Å². The molecule has 4 heteroatoms. The number of hydrogen-bond acceptors (Lipinski definition) is 2. The van der Waals surface area contributed by atoms with Crippen LogP contribution in [0, 0.1) is 5.92 Å². The van der Waals surface area contributed by atoms with E-state index >= 15 is 0 Å². The smallest absolute Gasteiger partial charge is 0.307 e. The summed E-state index contributed by atoms with van der Waals surface area (Å²) in [6.45, 7) is 1.62. The molecule has 1 atom stereocenters. The summed E-state index contributed by atoms with van der Waals surface area (Å²) in [4.78, 5) is 9.88. The van der Waals surface area contributed by atoms with E-state index in [1.165, 1.54) is 0 Å². The van der Waals surface area contributed by atoms with E-state index in [1.54, 1.807) is 6.92 Å². The van der Waals surface area contributed by atoms with Crippen LogP contribution in [0.15, 0.2) is 0 Å². The van der Waals surface area contributed by atoms with Crippen molar-refractivity contribution >= 4 is 18.6 Å². The molecule has 0 radical (unpaired) electrons. The number of carbonyl (C=O) groups is 1. The van der Waals surface area contributed by atoms with Gasteiger partial charge in [0.25, 0.3) is 0 Å². The molecule has 0 saturated heterocycles. The van der Waals surface area contributed by atoms with Crippen LogP contribution in [0.1, 0.15) is 6.92 Å². The van der Waals surface area contributed by atoms with Gasteiger partial charge >= 0.3 is 5.97 Å². The topological polar surface area (TPSA) is 37.3 Å². The maximum absolute atomic E-state index is 9.88.